The minimum Gasteiger partial charge on any atom is -0.265 e. The van der Waals surface area contributed by atoms with E-state index in [4.69, 9.17) is 0 Å². The van der Waals surface area contributed by atoms with E-state index in [0.29, 0.717) is 5.69 Å². The zero-order chi connectivity index (χ0) is 12.6. The van der Waals surface area contributed by atoms with Gasteiger partial charge in [-0.15, -0.1) is 5.92 Å². The van der Waals surface area contributed by atoms with E-state index in [1.807, 2.05) is 0 Å². The maximum Gasteiger partial charge on any atom is 0.101 e. The van der Waals surface area contributed by atoms with Gasteiger partial charge in [-0.1, -0.05) is 5.92 Å². The number of aromatic nitrogens is 2. The predicted octanol–water partition coefficient (Wildman–Crippen LogP) is 2.99. The van der Waals surface area contributed by atoms with Crippen molar-refractivity contribution in [1.29, 1.82) is 0 Å². The smallest absolute Gasteiger partial charge is 0.101 e. The van der Waals surface area contributed by atoms with Gasteiger partial charge >= 0.3 is 0 Å². The van der Waals surface area contributed by atoms with E-state index in [0.717, 1.165) is 11.3 Å². The fraction of sp³-hybridized carbons (Fsp3) is 0.0714. The number of hydrogen-bond donors (Lipinski definition) is 0. The molecule has 2 aromatic heterocycles. The van der Waals surface area contributed by atoms with E-state index >= 15 is 0 Å². The molecule has 2 aromatic rings. The molecule has 0 unspecified atom stereocenters. The lowest BCUT2D eigenvalue weighted by atomic mass is 10.2. The number of aliphatic imine (C=N–C) groups is 2. The van der Waals surface area contributed by atoms with Crippen molar-refractivity contribution >= 4 is 17.4 Å². The zero-order valence-electron chi connectivity index (χ0n) is 9.83. The highest BCUT2D eigenvalue weighted by molar-refractivity contribution is 5.62. The molecule has 0 aliphatic heterocycles. The molecule has 86 valence electrons. The average Bonchev–Trinajstić information content (AvgIpc) is 2.42. The maximum atomic E-state index is 4.14. The van der Waals surface area contributed by atoms with E-state index in [1.54, 1.807) is 49.9 Å². The molecular formula is C14H10N4. The number of rotatable bonds is 2. The molecule has 0 spiro atoms. The average molecular weight is 234 g/mol. The summed E-state index contributed by atoms with van der Waals surface area (Å²) in [6, 6.07) is 7.98. The molecule has 2 heterocycles. The van der Waals surface area contributed by atoms with Crippen molar-refractivity contribution in [1.82, 2.24) is 9.97 Å². The Morgan fingerprint density at radius 1 is 1.00 bits per heavy atom. The monoisotopic (exact) mass is 234 g/mol. The number of hydrogen-bond acceptors (Lipinski definition) is 4. The third-order valence-corrected chi connectivity index (χ3v) is 2.07. The van der Waals surface area contributed by atoms with Gasteiger partial charge in [-0.2, -0.15) is 9.98 Å². The van der Waals surface area contributed by atoms with E-state index in [-0.39, 0.29) is 0 Å². The SMILES string of the molecule is CC#Cc1cnccc1N=C=Nc1ccncc1. The summed E-state index contributed by atoms with van der Waals surface area (Å²) >= 11 is 0. The van der Waals surface area contributed by atoms with Crippen molar-refractivity contribution in [3.05, 3.63) is 48.5 Å². The maximum absolute atomic E-state index is 4.14. The molecule has 0 saturated heterocycles. The minimum absolute atomic E-state index is 0.706. The molecule has 0 amide bonds. The van der Waals surface area contributed by atoms with E-state index in [1.165, 1.54) is 0 Å². The Kier molecular flexibility index (Phi) is 3.97. The Morgan fingerprint density at radius 3 is 2.56 bits per heavy atom. The van der Waals surface area contributed by atoms with Crippen LogP contribution in [-0.2, 0) is 0 Å². The summed E-state index contributed by atoms with van der Waals surface area (Å²) in [6.07, 6.45) is 6.67. The van der Waals surface area contributed by atoms with Gasteiger partial charge < -0.3 is 0 Å². The van der Waals surface area contributed by atoms with Crippen LogP contribution < -0.4 is 0 Å². The summed E-state index contributed by atoms with van der Waals surface area (Å²) in [7, 11) is 0. The second-order valence-corrected chi connectivity index (χ2v) is 3.30. The first-order valence-electron chi connectivity index (χ1n) is 5.33. The van der Waals surface area contributed by atoms with Gasteiger partial charge in [0.2, 0.25) is 0 Å². The van der Waals surface area contributed by atoms with Crippen LogP contribution in [0.2, 0.25) is 0 Å². The summed E-state index contributed by atoms with van der Waals surface area (Å²) in [5, 5.41) is 0. The van der Waals surface area contributed by atoms with Crippen LogP contribution in [0.5, 0.6) is 0 Å². The van der Waals surface area contributed by atoms with Crippen molar-refractivity contribution in [2.24, 2.45) is 9.98 Å². The topological polar surface area (TPSA) is 50.5 Å². The first-order valence-corrected chi connectivity index (χ1v) is 5.33. The van der Waals surface area contributed by atoms with Gasteiger partial charge in [0.25, 0.3) is 0 Å². The third-order valence-electron chi connectivity index (χ3n) is 2.07. The minimum atomic E-state index is 0.706. The number of pyridine rings is 2. The molecular weight excluding hydrogens is 224 g/mol. The van der Waals surface area contributed by atoms with Gasteiger partial charge in [0.15, 0.2) is 0 Å². The van der Waals surface area contributed by atoms with Gasteiger partial charge in [0.05, 0.1) is 16.9 Å². The zero-order valence-corrected chi connectivity index (χ0v) is 9.83. The Hall–Kier alpha value is -2.76. The largest absolute Gasteiger partial charge is 0.265 e. The van der Waals surface area contributed by atoms with Gasteiger partial charge in [-0.05, 0) is 25.1 Å². The molecule has 2 rings (SSSR count). The van der Waals surface area contributed by atoms with Crippen LogP contribution >= 0.6 is 0 Å². The molecule has 0 aromatic carbocycles. The Bertz CT molecular complexity index is 644. The van der Waals surface area contributed by atoms with Crippen molar-refractivity contribution < 1.29 is 0 Å². The van der Waals surface area contributed by atoms with Gasteiger partial charge in [-0.25, -0.2) is 0 Å². The fourth-order valence-electron chi connectivity index (χ4n) is 1.27. The fourth-order valence-corrected chi connectivity index (χ4v) is 1.27. The molecule has 18 heavy (non-hydrogen) atoms. The second-order valence-electron chi connectivity index (χ2n) is 3.30. The first kappa shape index (κ1) is 11.7. The lowest BCUT2D eigenvalue weighted by Gasteiger charge is -1.93. The van der Waals surface area contributed by atoms with Crippen molar-refractivity contribution in [3.8, 4) is 11.8 Å². The summed E-state index contributed by atoms with van der Waals surface area (Å²) in [6.45, 7) is 1.77. The van der Waals surface area contributed by atoms with Crippen molar-refractivity contribution in [3.63, 3.8) is 0 Å². The van der Waals surface area contributed by atoms with Crippen molar-refractivity contribution in [2.75, 3.05) is 0 Å². The predicted molar refractivity (Wildman–Crippen MR) is 70.2 cm³/mol. The Balaban J connectivity index is 2.28. The molecule has 0 atom stereocenters. The summed E-state index contributed by atoms with van der Waals surface area (Å²) in [5.74, 6) is 5.74. The molecule has 0 radical (unpaired) electrons. The molecule has 0 bridgehead atoms. The van der Waals surface area contributed by atoms with Gasteiger partial charge in [-0.3, -0.25) is 9.97 Å². The normalized spacial score (nSPS) is 8.72. The summed E-state index contributed by atoms with van der Waals surface area (Å²) < 4.78 is 0. The van der Waals surface area contributed by atoms with E-state index in [9.17, 15) is 0 Å². The molecule has 0 fully saturated rings. The second kappa shape index (κ2) is 6.09. The van der Waals surface area contributed by atoms with Crippen LogP contribution in [0.3, 0.4) is 0 Å². The van der Waals surface area contributed by atoms with E-state index < -0.39 is 0 Å². The lowest BCUT2D eigenvalue weighted by Crippen LogP contribution is -1.78. The van der Waals surface area contributed by atoms with Crippen LogP contribution in [0.1, 0.15) is 12.5 Å². The van der Waals surface area contributed by atoms with Crippen LogP contribution in [0, 0.1) is 11.8 Å². The van der Waals surface area contributed by atoms with Crippen LogP contribution in [-0.4, -0.2) is 16.0 Å². The van der Waals surface area contributed by atoms with Gasteiger partial charge in [0.1, 0.15) is 6.01 Å². The highest BCUT2D eigenvalue weighted by atomic mass is 14.8. The van der Waals surface area contributed by atoms with Crippen LogP contribution in [0.25, 0.3) is 0 Å². The molecule has 4 nitrogen and oxygen atoms in total. The van der Waals surface area contributed by atoms with Gasteiger partial charge in [0, 0.05) is 24.8 Å². The first-order chi connectivity index (χ1) is 8.90. The number of nitrogens with zero attached hydrogens (tertiary/aromatic N) is 4. The molecule has 0 N–H and O–H groups in total. The quantitative estimate of drug-likeness (QED) is 0.592. The third kappa shape index (κ3) is 3.11. The molecule has 0 aliphatic rings. The molecule has 4 heteroatoms. The Labute approximate surface area is 105 Å². The Morgan fingerprint density at radius 2 is 1.78 bits per heavy atom. The van der Waals surface area contributed by atoms with Crippen molar-refractivity contribution in [2.45, 2.75) is 6.92 Å². The van der Waals surface area contributed by atoms with Crippen LogP contribution in [0.15, 0.2) is 53.0 Å². The van der Waals surface area contributed by atoms with E-state index in [2.05, 4.69) is 37.8 Å². The standard InChI is InChI=1S/C14H10N4/c1-2-3-12-10-16-9-6-14(12)18-11-17-13-4-7-15-8-5-13/h4-10H,1H3. The van der Waals surface area contributed by atoms with Crippen LogP contribution in [0.4, 0.5) is 11.4 Å². The highest BCUT2D eigenvalue weighted by Gasteiger charge is 1.95. The summed E-state index contributed by atoms with van der Waals surface area (Å²) in [4.78, 5) is 16.1. The lowest BCUT2D eigenvalue weighted by molar-refractivity contribution is 1.29. The molecule has 0 saturated carbocycles. The highest BCUT2D eigenvalue weighted by Crippen LogP contribution is 2.15. The summed E-state index contributed by atoms with van der Waals surface area (Å²) in [5.41, 5.74) is 2.22. The molecule has 0 aliphatic carbocycles.